The molecule has 0 atom stereocenters. The lowest BCUT2D eigenvalue weighted by Gasteiger charge is -2.01. The van der Waals surface area contributed by atoms with Gasteiger partial charge in [-0.1, -0.05) is 30.3 Å². The van der Waals surface area contributed by atoms with Crippen LogP contribution >= 0.6 is 0 Å². The third-order valence-electron chi connectivity index (χ3n) is 3.06. The summed E-state index contributed by atoms with van der Waals surface area (Å²) < 4.78 is 14.5. The lowest BCUT2D eigenvalue weighted by molar-refractivity contribution is 0.102. The van der Waals surface area contributed by atoms with Crippen LogP contribution in [0.15, 0.2) is 60.9 Å². The molecule has 1 amide bonds. The van der Waals surface area contributed by atoms with Crippen molar-refractivity contribution >= 4 is 11.9 Å². The van der Waals surface area contributed by atoms with Crippen LogP contribution in [0.1, 0.15) is 15.9 Å². The predicted octanol–water partition coefficient (Wildman–Crippen LogP) is 2.72. The minimum atomic E-state index is -0.387. The SMILES string of the molecule is O=C(Nc1ncn(Cc2ccccc2)n1)c1ccc(F)cc1. The third kappa shape index (κ3) is 3.35. The van der Waals surface area contributed by atoms with Crippen molar-refractivity contribution in [2.45, 2.75) is 6.54 Å². The first kappa shape index (κ1) is 13.9. The van der Waals surface area contributed by atoms with Gasteiger partial charge in [0.25, 0.3) is 5.91 Å². The van der Waals surface area contributed by atoms with Gasteiger partial charge >= 0.3 is 0 Å². The van der Waals surface area contributed by atoms with Crippen molar-refractivity contribution in [3.05, 3.63) is 77.9 Å². The molecular formula is C16H13FN4O. The number of aromatic nitrogens is 3. The minimum absolute atomic E-state index is 0.213. The largest absolute Gasteiger partial charge is 0.289 e. The second-order valence-corrected chi connectivity index (χ2v) is 4.71. The van der Waals surface area contributed by atoms with Crippen molar-refractivity contribution in [2.24, 2.45) is 0 Å². The number of carbonyl (C=O) groups excluding carboxylic acids is 1. The Morgan fingerprint density at radius 3 is 2.55 bits per heavy atom. The van der Waals surface area contributed by atoms with E-state index in [9.17, 15) is 9.18 Å². The van der Waals surface area contributed by atoms with E-state index in [-0.39, 0.29) is 17.7 Å². The summed E-state index contributed by atoms with van der Waals surface area (Å²) in [5, 5.41) is 6.77. The maximum Gasteiger partial charge on any atom is 0.258 e. The predicted molar refractivity (Wildman–Crippen MR) is 79.9 cm³/mol. The van der Waals surface area contributed by atoms with E-state index in [1.165, 1.54) is 24.3 Å². The number of nitrogens with zero attached hydrogens (tertiary/aromatic N) is 3. The van der Waals surface area contributed by atoms with Crippen molar-refractivity contribution in [3.8, 4) is 0 Å². The number of amides is 1. The number of rotatable bonds is 4. The van der Waals surface area contributed by atoms with Crippen LogP contribution in [-0.2, 0) is 6.54 Å². The maximum absolute atomic E-state index is 12.8. The zero-order chi connectivity index (χ0) is 15.4. The molecule has 22 heavy (non-hydrogen) atoms. The average molecular weight is 296 g/mol. The Balaban J connectivity index is 1.66. The molecule has 1 N–H and O–H groups in total. The van der Waals surface area contributed by atoms with Crippen molar-refractivity contribution in [1.29, 1.82) is 0 Å². The molecule has 0 spiro atoms. The smallest absolute Gasteiger partial charge is 0.258 e. The molecule has 0 saturated carbocycles. The molecule has 0 saturated heterocycles. The molecule has 3 rings (SSSR count). The van der Waals surface area contributed by atoms with Crippen molar-refractivity contribution in [2.75, 3.05) is 5.32 Å². The Kier molecular flexibility index (Phi) is 3.91. The van der Waals surface area contributed by atoms with Crippen LogP contribution in [0.3, 0.4) is 0 Å². The Morgan fingerprint density at radius 1 is 1.09 bits per heavy atom. The normalized spacial score (nSPS) is 10.4. The lowest BCUT2D eigenvalue weighted by atomic mass is 10.2. The molecule has 5 nitrogen and oxygen atoms in total. The molecule has 110 valence electrons. The number of halogens is 1. The zero-order valence-corrected chi connectivity index (χ0v) is 11.6. The molecule has 0 aliphatic rings. The first-order chi connectivity index (χ1) is 10.7. The number of hydrogen-bond acceptors (Lipinski definition) is 3. The molecule has 0 bridgehead atoms. The fraction of sp³-hybridized carbons (Fsp3) is 0.0625. The van der Waals surface area contributed by atoms with E-state index >= 15 is 0 Å². The van der Waals surface area contributed by atoms with Crippen LogP contribution in [0.2, 0.25) is 0 Å². The molecule has 2 aromatic carbocycles. The van der Waals surface area contributed by atoms with Gasteiger partial charge in [-0.2, -0.15) is 0 Å². The molecule has 6 heteroatoms. The van der Waals surface area contributed by atoms with Crippen LogP contribution in [-0.4, -0.2) is 20.7 Å². The Labute approximate surface area is 126 Å². The first-order valence-corrected chi connectivity index (χ1v) is 6.71. The molecule has 0 radical (unpaired) electrons. The van der Waals surface area contributed by atoms with E-state index in [0.717, 1.165) is 5.56 Å². The van der Waals surface area contributed by atoms with Gasteiger partial charge in [0.2, 0.25) is 5.95 Å². The number of hydrogen-bond donors (Lipinski definition) is 1. The summed E-state index contributed by atoms with van der Waals surface area (Å²) >= 11 is 0. The summed E-state index contributed by atoms with van der Waals surface area (Å²) in [5.74, 6) is -0.551. The van der Waals surface area contributed by atoms with Gasteiger partial charge in [0.15, 0.2) is 0 Å². The van der Waals surface area contributed by atoms with Crippen LogP contribution in [0.4, 0.5) is 10.3 Å². The van der Waals surface area contributed by atoms with Crippen LogP contribution in [0.25, 0.3) is 0 Å². The van der Waals surface area contributed by atoms with Gasteiger partial charge < -0.3 is 0 Å². The van der Waals surface area contributed by atoms with E-state index in [4.69, 9.17) is 0 Å². The molecule has 3 aromatic rings. The lowest BCUT2D eigenvalue weighted by Crippen LogP contribution is -2.13. The highest BCUT2D eigenvalue weighted by molar-refractivity contribution is 6.03. The van der Waals surface area contributed by atoms with Gasteiger partial charge in [0.05, 0.1) is 6.54 Å². The van der Waals surface area contributed by atoms with Crippen LogP contribution in [0, 0.1) is 5.82 Å². The molecule has 0 aliphatic carbocycles. The molecule has 0 fully saturated rings. The van der Waals surface area contributed by atoms with Crippen molar-refractivity contribution in [1.82, 2.24) is 14.8 Å². The molecule has 0 aliphatic heterocycles. The second kappa shape index (κ2) is 6.17. The van der Waals surface area contributed by atoms with Gasteiger partial charge in [-0.25, -0.2) is 14.1 Å². The summed E-state index contributed by atoms with van der Waals surface area (Å²) in [6, 6.07) is 15.1. The zero-order valence-electron chi connectivity index (χ0n) is 11.6. The number of anilines is 1. The topological polar surface area (TPSA) is 59.8 Å². The quantitative estimate of drug-likeness (QED) is 0.805. The third-order valence-corrected chi connectivity index (χ3v) is 3.06. The van der Waals surface area contributed by atoms with E-state index in [2.05, 4.69) is 15.4 Å². The highest BCUT2D eigenvalue weighted by atomic mass is 19.1. The fourth-order valence-corrected chi connectivity index (χ4v) is 1.97. The monoisotopic (exact) mass is 296 g/mol. The van der Waals surface area contributed by atoms with Crippen LogP contribution in [0.5, 0.6) is 0 Å². The van der Waals surface area contributed by atoms with Gasteiger partial charge in [-0.3, -0.25) is 10.1 Å². The molecular weight excluding hydrogens is 283 g/mol. The summed E-state index contributed by atoms with van der Waals surface area (Å²) in [6.07, 6.45) is 1.55. The van der Waals surface area contributed by atoms with E-state index < -0.39 is 0 Å². The number of benzene rings is 2. The number of nitrogens with one attached hydrogen (secondary N) is 1. The van der Waals surface area contributed by atoms with E-state index in [0.29, 0.717) is 12.1 Å². The standard InChI is InChI=1S/C16H13FN4O/c17-14-8-6-13(7-9-14)15(22)19-16-18-11-21(20-16)10-12-4-2-1-3-5-12/h1-9,11H,10H2,(H,19,20,22). The minimum Gasteiger partial charge on any atom is -0.289 e. The summed E-state index contributed by atoms with van der Waals surface area (Å²) in [7, 11) is 0. The molecule has 1 aromatic heterocycles. The Bertz CT molecular complexity index is 768. The Morgan fingerprint density at radius 2 is 1.82 bits per heavy atom. The summed E-state index contributed by atoms with van der Waals surface area (Å²) in [4.78, 5) is 16.0. The van der Waals surface area contributed by atoms with Gasteiger partial charge in [-0.05, 0) is 29.8 Å². The summed E-state index contributed by atoms with van der Waals surface area (Å²) in [6.45, 7) is 0.570. The van der Waals surface area contributed by atoms with Crippen molar-refractivity contribution in [3.63, 3.8) is 0 Å². The first-order valence-electron chi connectivity index (χ1n) is 6.71. The van der Waals surface area contributed by atoms with Gasteiger partial charge in [0, 0.05) is 5.56 Å². The van der Waals surface area contributed by atoms with Gasteiger partial charge in [-0.15, -0.1) is 5.10 Å². The van der Waals surface area contributed by atoms with Gasteiger partial charge in [0.1, 0.15) is 12.1 Å². The summed E-state index contributed by atoms with van der Waals surface area (Å²) in [5.41, 5.74) is 1.43. The second-order valence-electron chi connectivity index (χ2n) is 4.71. The maximum atomic E-state index is 12.8. The van der Waals surface area contributed by atoms with Crippen molar-refractivity contribution < 1.29 is 9.18 Å². The highest BCUT2D eigenvalue weighted by Crippen LogP contribution is 2.07. The molecule has 0 unspecified atom stereocenters. The highest BCUT2D eigenvalue weighted by Gasteiger charge is 2.09. The Hall–Kier alpha value is -3.02. The average Bonchev–Trinajstić information content (AvgIpc) is 2.96. The van der Waals surface area contributed by atoms with Crippen LogP contribution < -0.4 is 5.32 Å². The van der Waals surface area contributed by atoms with E-state index in [1.54, 1.807) is 11.0 Å². The number of carbonyl (C=O) groups is 1. The molecule has 1 heterocycles. The van der Waals surface area contributed by atoms with E-state index in [1.807, 2.05) is 30.3 Å². The fourth-order valence-electron chi connectivity index (χ4n) is 1.97.